The van der Waals surface area contributed by atoms with Crippen molar-refractivity contribution in [3.05, 3.63) is 113 Å². The van der Waals surface area contributed by atoms with E-state index in [1.165, 1.54) is 22.7 Å². The van der Waals surface area contributed by atoms with Gasteiger partial charge in [0.05, 0.1) is 35.6 Å². The Morgan fingerprint density at radius 2 is 1.37 bits per heavy atom. The fourth-order valence-corrected chi connectivity index (χ4v) is 6.77. The SMILES string of the molecule is COc1ccccc1Nc1nc(-c2c(C)nc3ncccn23)cs1.Cc1nc2ncccn2c1-c1csc(Nc2cccc(CC=O)c2)n1. The van der Waals surface area contributed by atoms with Gasteiger partial charge in [0.2, 0.25) is 11.6 Å². The van der Waals surface area contributed by atoms with E-state index in [-0.39, 0.29) is 0 Å². The zero-order chi connectivity index (χ0) is 33.7. The highest BCUT2D eigenvalue weighted by Crippen LogP contribution is 2.33. The molecule has 0 amide bonds. The summed E-state index contributed by atoms with van der Waals surface area (Å²) in [5.41, 5.74) is 8.20. The molecule has 2 aromatic carbocycles. The predicted molar refractivity (Wildman–Crippen MR) is 193 cm³/mol. The molecule has 0 saturated carbocycles. The van der Waals surface area contributed by atoms with Crippen molar-refractivity contribution in [1.82, 2.24) is 38.7 Å². The number of anilines is 4. The van der Waals surface area contributed by atoms with Crippen LogP contribution in [0.3, 0.4) is 0 Å². The molecule has 14 heteroatoms. The van der Waals surface area contributed by atoms with Crippen LogP contribution in [0, 0.1) is 13.8 Å². The number of nitrogens with zero attached hydrogens (tertiary/aromatic N) is 8. The first-order chi connectivity index (χ1) is 24.0. The number of aldehydes is 1. The monoisotopic (exact) mass is 686 g/mol. The Morgan fingerprint density at radius 3 is 1.98 bits per heavy atom. The Balaban J connectivity index is 0.000000154. The van der Waals surface area contributed by atoms with Crippen LogP contribution in [0.2, 0.25) is 0 Å². The Hall–Kier alpha value is -5.99. The summed E-state index contributed by atoms with van der Waals surface area (Å²) in [5.74, 6) is 2.13. The van der Waals surface area contributed by atoms with Gasteiger partial charge in [0.1, 0.15) is 23.4 Å². The number of thiazole rings is 2. The second-order valence-electron chi connectivity index (χ2n) is 10.8. The molecule has 0 aliphatic rings. The van der Waals surface area contributed by atoms with Crippen molar-refractivity contribution in [2.45, 2.75) is 20.3 Å². The molecular formula is C35H30N10O2S2. The van der Waals surface area contributed by atoms with Gasteiger partial charge in [-0.1, -0.05) is 24.3 Å². The van der Waals surface area contributed by atoms with Crippen molar-refractivity contribution in [2.24, 2.45) is 0 Å². The number of rotatable bonds is 9. The number of methoxy groups -OCH3 is 1. The third-order valence-electron chi connectivity index (χ3n) is 7.50. The number of aryl methyl sites for hydroxylation is 2. The lowest BCUT2D eigenvalue weighted by atomic mass is 10.1. The quantitative estimate of drug-likeness (QED) is 0.146. The highest BCUT2D eigenvalue weighted by molar-refractivity contribution is 7.14. The van der Waals surface area contributed by atoms with Gasteiger partial charge in [-0.3, -0.25) is 8.80 Å². The second-order valence-corrected chi connectivity index (χ2v) is 12.5. The van der Waals surface area contributed by atoms with Crippen molar-refractivity contribution in [3.8, 4) is 28.5 Å². The van der Waals surface area contributed by atoms with Crippen LogP contribution in [0.15, 0.2) is 96.2 Å². The second kappa shape index (κ2) is 14.0. The lowest BCUT2D eigenvalue weighted by Crippen LogP contribution is -1.94. The van der Waals surface area contributed by atoms with Gasteiger partial charge >= 0.3 is 0 Å². The molecule has 0 unspecified atom stereocenters. The third kappa shape index (κ3) is 6.72. The van der Waals surface area contributed by atoms with Gasteiger partial charge in [-0.15, -0.1) is 22.7 Å². The van der Waals surface area contributed by atoms with E-state index < -0.39 is 0 Å². The van der Waals surface area contributed by atoms with Gasteiger partial charge in [0, 0.05) is 47.7 Å². The predicted octanol–water partition coefficient (Wildman–Crippen LogP) is 7.56. The average Bonchev–Trinajstić information content (AvgIpc) is 3.90. The first kappa shape index (κ1) is 31.6. The first-order valence-electron chi connectivity index (χ1n) is 15.2. The van der Waals surface area contributed by atoms with Gasteiger partial charge in [0.25, 0.3) is 0 Å². The minimum Gasteiger partial charge on any atom is -0.495 e. The number of imidazole rings is 2. The number of benzene rings is 2. The molecular weight excluding hydrogens is 657 g/mol. The molecule has 0 bridgehead atoms. The first-order valence-corrected chi connectivity index (χ1v) is 17.0. The van der Waals surface area contributed by atoms with E-state index in [0.29, 0.717) is 18.0 Å². The molecule has 0 fully saturated rings. The number of para-hydroxylation sites is 2. The fourth-order valence-electron chi connectivity index (χ4n) is 5.35. The largest absolute Gasteiger partial charge is 0.495 e. The van der Waals surface area contributed by atoms with Crippen LogP contribution in [0.5, 0.6) is 5.75 Å². The third-order valence-corrected chi connectivity index (χ3v) is 9.01. The van der Waals surface area contributed by atoms with Crippen LogP contribution >= 0.6 is 22.7 Å². The van der Waals surface area contributed by atoms with Gasteiger partial charge < -0.3 is 20.2 Å². The molecule has 0 spiro atoms. The number of hydrogen-bond donors (Lipinski definition) is 2. The molecule has 12 nitrogen and oxygen atoms in total. The molecule has 0 atom stereocenters. The van der Waals surface area contributed by atoms with E-state index in [4.69, 9.17) is 9.72 Å². The van der Waals surface area contributed by atoms with Gasteiger partial charge in [-0.25, -0.2) is 29.9 Å². The number of hydrogen-bond acceptors (Lipinski definition) is 12. The zero-order valence-electron chi connectivity index (χ0n) is 26.7. The molecule has 8 rings (SSSR count). The van der Waals surface area contributed by atoms with Gasteiger partial charge in [0.15, 0.2) is 10.3 Å². The molecule has 244 valence electrons. The number of ether oxygens (including phenoxy) is 1. The van der Waals surface area contributed by atoms with Crippen molar-refractivity contribution in [2.75, 3.05) is 17.7 Å². The summed E-state index contributed by atoms with van der Waals surface area (Å²) < 4.78 is 9.26. The van der Waals surface area contributed by atoms with E-state index in [9.17, 15) is 4.79 Å². The minimum atomic E-state index is 0.409. The van der Waals surface area contributed by atoms with Crippen LogP contribution < -0.4 is 15.4 Å². The summed E-state index contributed by atoms with van der Waals surface area (Å²) in [6.45, 7) is 3.93. The molecule has 6 heterocycles. The smallest absolute Gasteiger partial charge is 0.234 e. The summed E-state index contributed by atoms with van der Waals surface area (Å²) >= 11 is 3.07. The van der Waals surface area contributed by atoms with Crippen LogP contribution in [-0.4, -0.2) is 52.1 Å². The van der Waals surface area contributed by atoms with E-state index in [0.717, 1.165) is 73.4 Å². The standard InChI is InChI=1S/C18H15N5OS.C17H15N5OS/c1-12-16(23-8-3-7-19-17(23)20-12)15-11-25-18(22-15)21-14-5-2-4-13(10-14)6-9-24;1-11-15(22-9-5-8-18-16(22)19-11)13-10-24-17(21-13)20-12-6-3-4-7-14(12)23-2/h2-5,7-11H,6H2,1H3,(H,21,22);3-10H,1-2H3,(H,20,21). The number of fused-ring (bicyclic) bond motifs is 2. The minimum absolute atomic E-state index is 0.409. The maximum Gasteiger partial charge on any atom is 0.234 e. The van der Waals surface area contributed by atoms with Crippen LogP contribution in [0.25, 0.3) is 34.3 Å². The lowest BCUT2D eigenvalue weighted by Gasteiger charge is -2.08. The Morgan fingerprint density at radius 1 is 0.755 bits per heavy atom. The van der Waals surface area contributed by atoms with E-state index in [1.54, 1.807) is 19.5 Å². The van der Waals surface area contributed by atoms with E-state index in [1.807, 2.05) is 106 Å². The number of aromatic nitrogens is 8. The molecule has 0 saturated heterocycles. The summed E-state index contributed by atoms with van der Waals surface area (Å²) in [5, 5.41) is 12.2. The number of carbonyl (C=O) groups is 1. The van der Waals surface area contributed by atoms with Crippen molar-refractivity contribution < 1.29 is 9.53 Å². The van der Waals surface area contributed by atoms with Crippen molar-refractivity contribution in [3.63, 3.8) is 0 Å². The molecule has 0 aliphatic heterocycles. The highest BCUT2D eigenvalue weighted by Gasteiger charge is 2.16. The zero-order valence-corrected chi connectivity index (χ0v) is 28.4. The number of nitrogens with one attached hydrogen (secondary N) is 2. The van der Waals surface area contributed by atoms with Crippen molar-refractivity contribution >= 4 is 62.2 Å². The Kier molecular flexibility index (Phi) is 9.04. The molecule has 49 heavy (non-hydrogen) atoms. The maximum absolute atomic E-state index is 10.7. The normalized spacial score (nSPS) is 10.9. The topological polar surface area (TPSA) is 137 Å². The summed E-state index contributed by atoms with van der Waals surface area (Å²) in [7, 11) is 1.66. The van der Waals surface area contributed by atoms with Crippen molar-refractivity contribution in [1.29, 1.82) is 0 Å². The molecule has 8 aromatic rings. The Bertz CT molecular complexity index is 2390. The molecule has 0 radical (unpaired) electrons. The van der Waals surface area contributed by atoms with E-state index >= 15 is 0 Å². The number of carbonyl (C=O) groups excluding carboxylic acids is 1. The summed E-state index contributed by atoms with van der Waals surface area (Å²) in [6, 6.07) is 19.3. The fraction of sp³-hybridized carbons (Fsp3) is 0.114. The highest BCUT2D eigenvalue weighted by atomic mass is 32.1. The van der Waals surface area contributed by atoms with Crippen LogP contribution in [-0.2, 0) is 11.2 Å². The molecule has 6 aromatic heterocycles. The Labute approximate surface area is 289 Å². The lowest BCUT2D eigenvalue weighted by molar-refractivity contribution is -0.107. The van der Waals surface area contributed by atoms with Crippen LogP contribution in [0.1, 0.15) is 17.0 Å². The van der Waals surface area contributed by atoms with Gasteiger partial charge in [-0.05, 0) is 55.8 Å². The van der Waals surface area contributed by atoms with Crippen LogP contribution in [0.4, 0.5) is 21.6 Å². The molecule has 2 N–H and O–H groups in total. The average molecular weight is 687 g/mol. The summed E-state index contributed by atoms with van der Waals surface area (Å²) in [6.07, 6.45) is 8.67. The summed E-state index contributed by atoms with van der Waals surface area (Å²) in [4.78, 5) is 37.6. The van der Waals surface area contributed by atoms with Gasteiger partial charge in [-0.2, -0.15) is 0 Å². The maximum atomic E-state index is 10.7. The molecule has 0 aliphatic carbocycles. The van der Waals surface area contributed by atoms with E-state index in [2.05, 4.69) is 35.6 Å².